The maximum Gasteiger partial charge on any atom is 0.160 e. The number of phenolic OH excluding ortho intramolecular Hbond substituents is 1. The summed E-state index contributed by atoms with van der Waals surface area (Å²) in [5, 5.41) is 18.8. The Morgan fingerprint density at radius 1 is 1.46 bits per heavy atom. The Balaban J connectivity index is 2.99. The summed E-state index contributed by atoms with van der Waals surface area (Å²) in [7, 11) is 1.48. The molecule has 1 aromatic carbocycles. The molecule has 2 N–H and O–H groups in total. The van der Waals surface area contributed by atoms with Gasteiger partial charge in [-0.05, 0) is 24.1 Å². The van der Waals surface area contributed by atoms with Crippen LogP contribution in [0.3, 0.4) is 0 Å². The number of hydrogen-bond acceptors (Lipinski definition) is 3. The van der Waals surface area contributed by atoms with Gasteiger partial charge in [-0.15, -0.1) is 0 Å². The summed E-state index contributed by atoms with van der Waals surface area (Å²) in [6.07, 6.45) is 0.156. The van der Waals surface area contributed by atoms with Crippen molar-refractivity contribution in [2.75, 3.05) is 7.11 Å². The molecule has 1 aromatic rings. The molecule has 3 nitrogen and oxygen atoms in total. The van der Waals surface area contributed by atoms with Crippen molar-refractivity contribution < 1.29 is 14.9 Å². The van der Waals surface area contributed by atoms with E-state index in [9.17, 15) is 10.2 Å². The minimum Gasteiger partial charge on any atom is -0.504 e. The SMILES string of the molecule is CC[C@H](O)c1ccc(O)c(OC)c1. The largest absolute Gasteiger partial charge is 0.504 e. The van der Waals surface area contributed by atoms with Gasteiger partial charge < -0.3 is 14.9 Å². The standard InChI is InChI=1S/C10H14O3/c1-3-8(11)7-4-5-9(12)10(6-7)13-2/h4-6,8,11-12H,3H2,1-2H3/t8-/m0/s1. The summed E-state index contributed by atoms with van der Waals surface area (Å²) in [6.45, 7) is 1.89. The van der Waals surface area contributed by atoms with Crippen LogP contribution in [-0.4, -0.2) is 17.3 Å². The van der Waals surface area contributed by atoms with E-state index in [-0.39, 0.29) is 5.75 Å². The van der Waals surface area contributed by atoms with Gasteiger partial charge >= 0.3 is 0 Å². The Morgan fingerprint density at radius 3 is 2.69 bits per heavy atom. The Labute approximate surface area is 77.6 Å². The number of methoxy groups -OCH3 is 1. The van der Waals surface area contributed by atoms with Crippen molar-refractivity contribution in [3.8, 4) is 11.5 Å². The molecular weight excluding hydrogens is 168 g/mol. The Bertz CT molecular complexity index is 283. The van der Waals surface area contributed by atoms with Gasteiger partial charge in [0.2, 0.25) is 0 Å². The molecule has 0 aliphatic carbocycles. The molecule has 0 spiro atoms. The first-order valence-electron chi connectivity index (χ1n) is 4.24. The second-order valence-electron chi connectivity index (χ2n) is 2.86. The van der Waals surface area contributed by atoms with Crippen molar-refractivity contribution in [2.45, 2.75) is 19.4 Å². The smallest absolute Gasteiger partial charge is 0.160 e. The second kappa shape index (κ2) is 4.14. The third kappa shape index (κ3) is 2.12. The summed E-state index contributed by atoms with van der Waals surface area (Å²) < 4.78 is 4.92. The number of rotatable bonds is 3. The van der Waals surface area contributed by atoms with Crippen molar-refractivity contribution in [2.24, 2.45) is 0 Å². The van der Waals surface area contributed by atoms with E-state index in [0.29, 0.717) is 12.2 Å². The summed E-state index contributed by atoms with van der Waals surface area (Å²) in [5.41, 5.74) is 0.761. The van der Waals surface area contributed by atoms with Gasteiger partial charge in [0.25, 0.3) is 0 Å². The normalized spacial score (nSPS) is 12.5. The van der Waals surface area contributed by atoms with E-state index in [4.69, 9.17) is 4.74 Å². The van der Waals surface area contributed by atoms with Crippen molar-refractivity contribution in [3.05, 3.63) is 23.8 Å². The van der Waals surface area contributed by atoms with Crippen molar-refractivity contribution >= 4 is 0 Å². The molecule has 0 bridgehead atoms. The lowest BCUT2D eigenvalue weighted by molar-refractivity contribution is 0.173. The lowest BCUT2D eigenvalue weighted by Gasteiger charge is -2.10. The van der Waals surface area contributed by atoms with Crippen molar-refractivity contribution in [1.29, 1.82) is 0 Å². The number of aliphatic hydroxyl groups excluding tert-OH is 1. The van der Waals surface area contributed by atoms with Gasteiger partial charge in [-0.1, -0.05) is 13.0 Å². The first-order valence-corrected chi connectivity index (χ1v) is 4.24. The molecule has 0 fully saturated rings. The first kappa shape index (κ1) is 9.86. The minimum absolute atomic E-state index is 0.0922. The number of ether oxygens (including phenoxy) is 1. The van der Waals surface area contributed by atoms with Crippen LogP contribution in [0.25, 0.3) is 0 Å². The predicted molar refractivity (Wildman–Crippen MR) is 49.9 cm³/mol. The lowest BCUT2D eigenvalue weighted by Crippen LogP contribution is -1.95. The maximum atomic E-state index is 9.50. The highest BCUT2D eigenvalue weighted by atomic mass is 16.5. The molecule has 0 unspecified atom stereocenters. The molecule has 0 radical (unpaired) electrons. The van der Waals surface area contributed by atoms with Crippen LogP contribution in [-0.2, 0) is 0 Å². The average Bonchev–Trinajstić information content (AvgIpc) is 2.17. The molecule has 13 heavy (non-hydrogen) atoms. The van der Waals surface area contributed by atoms with Crippen LogP contribution in [0.5, 0.6) is 11.5 Å². The Kier molecular flexibility index (Phi) is 3.14. The van der Waals surface area contributed by atoms with E-state index >= 15 is 0 Å². The van der Waals surface area contributed by atoms with Crippen LogP contribution in [0.1, 0.15) is 25.0 Å². The monoisotopic (exact) mass is 182 g/mol. The number of hydrogen-bond donors (Lipinski definition) is 2. The van der Waals surface area contributed by atoms with Crippen LogP contribution in [0.4, 0.5) is 0 Å². The van der Waals surface area contributed by atoms with Gasteiger partial charge in [-0.25, -0.2) is 0 Å². The van der Waals surface area contributed by atoms with E-state index in [1.54, 1.807) is 12.1 Å². The van der Waals surface area contributed by atoms with Gasteiger partial charge in [0.15, 0.2) is 11.5 Å². The highest BCUT2D eigenvalue weighted by Gasteiger charge is 2.08. The fourth-order valence-electron chi connectivity index (χ4n) is 1.14. The van der Waals surface area contributed by atoms with Gasteiger partial charge in [-0.3, -0.25) is 0 Å². The highest BCUT2D eigenvalue weighted by molar-refractivity contribution is 5.42. The van der Waals surface area contributed by atoms with Crippen LogP contribution < -0.4 is 4.74 Å². The van der Waals surface area contributed by atoms with E-state index < -0.39 is 6.10 Å². The van der Waals surface area contributed by atoms with Crippen LogP contribution >= 0.6 is 0 Å². The van der Waals surface area contributed by atoms with Crippen LogP contribution in [0.2, 0.25) is 0 Å². The maximum absolute atomic E-state index is 9.50. The van der Waals surface area contributed by atoms with Gasteiger partial charge in [0.1, 0.15) is 0 Å². The molecule has 1 atom stereocenters. The van der Waals surface area contributed by atoms with E-state index in [1.165, 1.54) is 13.2 Å². The molecule has 0 saturated carbocycles. The molecule has 0 aliphatic heterocycles. The number of aliphatic hydroxyl groups is 1. The van der Waals surface area contributed by atoms with Crippen LogP contribution in [0, 0.1) is 0 Å². The first-order chi connectivity index (χ1) is 6.19. The van der Waals surface area contributed by atoms with Gasteiger partial charge in [-0.2, -0.15) is 0 Å². The zero-order valence-corrected chi connectivity index (χ0v) is 7.82. The molecule has 0 aliphatic rings. The number of benzene rings is 1. The third-order valence-corrected chi connectivity index (χ3v) is 1.98. The van der Waals surface area contributed by atoms with Crippen LogP contribution in [0.15, 0.2) is 18.2 Å². The number of aromatic hydroxyl groups is 1. The molecule has 3 heteroatoms. The third-order valence-electron chi connectivity index (χ3n) is 1.98. The van der Waals surface area contributed by atoms with E-state index in [0.717, 1.165) is 5.56 Å². The minimum atomic E-state index is -0.491. The molecule has 0 saturated heterocycles. The Hall–Kier alpha value is -1.22. The van der Waals surface area contributed by atoms with E-state index in [1.807, 2.05) is 6.92 Å². The fraction of sp³-hybridized carbons (Fsp3) is 0.400. The molecule has 0 heterocycles. The fourth-order valence-corrected chi connectivity index (χ4v) is 1.14. The zero-order valence-electron chi connectivity index (χ0n) is 7.82. The second-order valence-corrected chi connectivity index (χ2v) is 2.86. The average molecular weight is 182 g/mol. The summed E-state index contributed by atoms with van der Waals surface area (Å²) in [5.74, 6) is 0.486. The van der Waals surface area contributed by atoms with E-state index in [2.05, 4.69) is 0 Å². The predicted octanol–water partition coefficient (Wildman–Crippen LogP) is 1.84. The lowest BCUT2D eigenvalue weighted by atomic mass is 10.1. The molecule has 72 valence electrons. The van der Waals surface area contributed by atoms with Crippen molar-refractivity contribution in [3.63, 3.8) is 0 Å². The molecule has 0 amide bonds. The van der Waals surface area contributed by atoms with Gasteiger partial charge in [0, 0.05) is 0 Å². The van der Waals surface area contributed by atoms with Gasteiger partial charge in [0.05, 0.1) is 13.2 Å². The quantitative estimate of drug-likeness (QED) is 0.750. The summed E-state index contributed by atoms with van der Waals surface area (Å²) in [4.78, 5) is 0. The molecular formula is C10H14O3. The Morgan fingerprint density at radius 2 is 2.15 bits per heavy atom. The molecule has 1 rings (SSSR count). The van der Waals surface area contributed by atoms with Crippen molar-refractivity contribution in [1.82, 2.24) is 0 Å². The summed E-state index contributed by atoms with van der Waals surface area (Å²) >= 11 is 0. The summed E-state index contributed by atoms with van der Waals surface area (Å²) in [6, 6.07) is 4.85. The molecule has 0 aromatic heterocycles. The highest BCUT2D eigenvalue weighted by Crippen LogP contribution is 2.29. The topological polar surface area (TPSA) is 49.7 Å². The number of phenols is 1. The zero-order chi connectivity index (χ0) is 9.84.